The molecule has 0 aromatic heterocycles. The summed E-state index contributed by atoms with van der Waals surface area (Å²) < 4.78 is 13.5. The zero-order chi connectivity index (χ0) is 18.2. The second kappa shape index (κ2) is 8.97. The summed E-state index contributed by atoms with van der Waals surface area (Å²) in [5.74, 6) is -1.19. The maximum atomic E-state index is 13.5. The predicted octanol–water partition coefficient (Wildman–Crippen LogP) is 3.60. The number of hydrogen-bond donors (Lipinski definition) is 2. The Morgan fingerprint density at radius 2 is 1.48 bits per heavy atom. The molecule has 4 nitrogen and oxygen atoms in total. The Balaban J connectivity index is 1.94. The van der Waals surface area contributed by atoms with Gasteiger partial charge in [-0.05, 0) is 30.0 Å². The van der Waals surface area contributed by atoms with E-state index in [-0.39, 0.29) is 24.7 Å². The van der Waals surface area contributed by atoms with E-state index in [4.69, 9.17) is 0 Å². The first kappa shape index (κ1) is 18.6. The Morgan fingerprint density at radius 3 is 2.08 bits per heavy atom. The van der Waals surface area contributed by atoms with Gasteiger partial charge in [-0.2, -0.15) is 0 Å². The van der Waals surface area contributed by atoms with Crippen LogP contribution >= 0.6 is 0 Å². The molecular weight excluding hydrogens is 319 g/mol. The molecule has 2 N–H and O–H groups in total. The monoisotopic (exact) mass is 342 g/mol. The lowest BCUT2D eigenvalue weighted by Gasteiger charge is -2.14. The van der Waals surface area contributed by atoms with Gasteiger partial charge in [-0.15, -0.1) is 0 Å². The minimum absolute atomic E-state index is 0.0601. The molecule has 2 aromatic rings. The van der Waals surface area contributed by atoms with E-state index < -0.39 is 5.91 Å². The van der Waals surface area contributed by atoms with Crippen LogP contribution in [0, 0.1) is 5.82 Å². The molecule has 0 bridgehead atoms. The fraction of sp³-hybridized carbons (Fsp3) is 0.300. The molecule has 132 valence electrons. The van der Waals surface area contributed by atoms with Crippen LogP contribution in [0.25, 0.3) is 0 Å². The number of amides is 2. The van der Waals surface area contributed by atoms with Gasteiger partial charge in [-0.1, -0.05) is 50.2 Å². The van der Waals surface area contributed by atoms with Gasteiger partial charge in [0.05, 0.1) is 0 Å². The van der Waals surface area contributed by atoms with E-state index in [1.54, 1.807) is 18.2 Å². The standard InChI is InChI=1S/C20H23FN2O2/c1-3-14-9-7-10-15(4-2)20(14)23-19(25)12-18(24)22-13-16-8-5-6-11-17(16)21/h5-11H,3-4,12-13H2,1-2H3,(H,22,24)(H,23,25). The van der Waals surface area contributed by atoms with Crippen molar-refractivity contribution < 1.29 is 14.0 Å². The Bertz CT molecular complexity index is 737. The van der Waals surface area contributed by atoms with E-state index in [9.17, 15) is 14.0 Å². The third-order valence-corrected chi connectivity index (χ3v) is 4.02. The Morgan fingerprint density at radius 1 is 0.880 bits per heavy atom. The number of carbonyl (C=O) groups excluding carboxylic acids is 2. The van der Waals surface area contributed by atoms with Crippen molar-refractivity contribution in [2.45, 2.75) is 39.7 Å². The summed E-state index contributed by atoms with van der Waals surface area (Å²) in [7, 11) is 0. The van der Waals surface area contributed by atoms with Gasteiger partial charge in [0.1, 0.15) is 12.2 Å². The molecule has 0 saturated carbocycles. The first-order valence-corrected chi connectivity index (χ1v) is 8.45. The van der Waals surface area contributed by atoms with Crippen molar-refractivity contribution in [3.63, 3.8) is 0 Å². The zero-order valence-corrected chi connectivity index (χ0v) is 14.6. The summed E-state index contributed by atoms with van der Waals surface area (Å²) in [5, 5.41) is 5.42. The van der Waals surface area contributed by atoms with Crippen molar-refractivity contribution in [2.75, 3.05) is 5.32 Å². The average Bonchev–Trinajstić information content (AvgIpc) is 2.61. The van der Waals surface area contributed by atoms with Crippen LogP contribution < -0.4 is 10.6 Å². The Labute approximate surface area is 147 Å². The number of nitrogens with one attached hydrogen (secondary N) is 2. The summed E-state index contributed by atoms with van der Waals surface area (Å²) in [5.41, 5.74) is 3.26. The highest BCUT2D eigenvalue weighted by Crippen LogP contribution is 2.22. The lowest BCUT2D eigenvalue weighted by atomic mass is 10.0. The summed E-state index contributed by atoms with van der Waals surface area (Å²) in [4.78, 5) is 24.1. The van der Waals surface area contributed by atoms with Crippen molar-refractivity contribution in [1.82, 2.24) is 5.32 Å². The lowest BCUT2D eigenvalue weighted by molar-refractivity contribution is -0.126. The summed E-state index contributed by atoms with van der Waals surface area (Å²) >= 11 is 0. The molecule has 0 radical (unpaired) electrons. The van der Waals surface area contributed by atoms with Gasteiger partial charge in [-0.3, -0.25) is 9.59 Å². The van der Waals surface area contributed by atoms with Gasteiger partial charge in [-0.25, -0.2) is 4.39 Å². The molecule has 0 aliphatic heterocycles. The summed E-state index contributed by atoms with van der Waals surface area (Å²) in [6, 6.07) is 12.1. The van der Waals surface area contributed by atoms with Gasteiger partial charge >= 0.3 is 0 Å². The van der Waals surface area contributed by atoms with Crippen LogP contribution in [0.1, 0.15) is 37.0 Å². The molecule has 2 rings (SSSR count). The highest BCUT2D eigenvalue weighted by Gasteiger charge is 2.14. The van der Waals surface area contributed by atoms with Crippen molar-refractivity contribution in [3.05, 3.63) is 65.0 Å². The first-order chi connectivity index (χ1) is 12.0. The molecule has 0 fully saturated rings. The molecule has 0 aliphatic rings. The predicted molar refractivity (Wildman–Crippen MR) is 96.7 cm³/mol. The van der Waals surface area contributed by atoms with Gasteiger partial charge in [0.2, 0.25) is 11.8 Å². The number of halogens is 1. The van der Waals surface area contributed by atoms with E-state index >= 15 is 0 Å². The number of hydrogen-bond acceptors (Lipinski definition) is 2. The molecule has 5 heteroatoms. The average molecular weight is 342 g/mol. The van der Waals surface area contributed by atoms with Crippen LogP contribution in [-0.4, -0.2) is 11.8 Å². The van der Waals surface area contributed by atoms with Gasteiger partial charge in [0, 0.05) is 17.8 Å². The minimum Gasteiger partial charge on any atom is -0.351 e. The molecule has 0 aliphatic carbocycles. The van der Waals surface area contributed by atoms with Gasteiger partial charge < -0.3 is 10.6 Å². The van der Waals surface area contributed by atoms with Crippen LogP contribution in [0.15, 0.2) is 42.5 Å². The highest BCUT2D eigenvalue weighted by atomic mass is 19.1. The Kier molecular flexibility index (Phi) is 6.69. The van der Waals surface area contributed by atoms with Crippen molar-refractivity contribution in [2.24, 2.45) is 0 Å². The third kappa shape index (κ3) is 5.14. The fourth-order valence-corrected chi connectivity index (χ4v) is 2.63. The van der Waals surface area contributed by atoms with Crippen LogP contribution in [-0.2, 0) is 29.0 Å². The van der Waals surface area contributed by atoms with Crippen LogP contribution in [0.4, 0.5) is 10.1 Å². The molecule has 0 atom stereocenters. The molecule has 2 amide bonds. The van der Waals surface area contributed by atoms with Crippen molar-refractivity contribution in [3.8, 4) is 0 Å². The normalized spacial score (nSPS) is 10.4. The quantitative estimate of drug-likeness (QED) is 0.756. The van der Waals surface area contributed by atoms with Gasteiger partial charge in [0.25, 0.3) is 0 Å². The van der Waals surface area contributed by atoms with Crippen molar-refractivity contribution >= 4 is 17.5 Å². The maximum absolute atomic E-state index is 13.5. The molecule has 0 unspecified atom stereocenters. The topological polar surface area (TPSA) is 58.2 Å². The van der Waals surface area contributed by atoms with Gasteiger partial charge in [0.15, 0.2) is 0 Å². The zero-order valence-electron chi connectivity index (χ0n) is 14.6. The third-order valence-electron chi connectivity index (χ3n) is 4.02. The van der Waals surface area contributed by atoms with E-state index in [1.165, 1.54) is 6.07 Å². The smallest absolute Gasteiger partial charge is 0.233 e. The summed E-state index contributed by atoms with van der Waals surface area (Å²) in [6.07, 6.45) is 1.29. The molecule has 25 heavy (non-hydrogen) atoms. The first-order valence-electron chi connectivity index (χ1n) is 8.45. The lowest BCUT2D eigenvalue weighted by Crippen LogP contribution is -2.28. The van der Waals surface area contributed by atoms with Crippen molar-refractivity contribution in [1.29, 1.82) is 0 Å². The summed E-state index contributed by atoms with van der Waals surface area (Å²) in [6.45, 7) is 4.10. The SMILES string of the molecule is CCc1cccc(CC)c1NC(=O)CC(=O)NCc1ccccc1F. The fourth-order valence-electron chi connectivity index (χ4n) is 2.63. The highest BCUT2D eigenvalue weighted by molar-refractivity contribution is 6.04. The maximum Gasteiger partial charge on any atom is 0.233 e. The Hall–Kier alpha value is -2.69. The number of para-hydroxylation sites is 1. The minimum atomic E-state index is -0.437. The largest absolute Gasteiger partial charge is 0.351 e. The number of anilines is 1. The number of rotatable bonds is 7. The second-order valence-corrected chi connectivity index (χ2v) is 5.75. The number of benzene rings is 2. The van der Waals surface area contributed by atoms with Crippen LogP contribution in [0.3, 0.4) is 0 Å². The van der Waals surface area contributed by atoms with E-state index in [1.807, 2.05) is 32.0 Å². The molecule has 0 heterocycles. The van der Waals surface area contributed by atoms with E-state index in [0.717, 1.165) is 29.7 Å². The molecule has 0 saturated heterocycles. The second-order valence-electron chi connectivity index (χ2n) is 5.75. The molecule has 2 aromatic carbocycles. The number of carbonyl (C=O) groups is 2. The van der Waals surface area contributed by atoms with E-state index in [0.29, 0.717) is 5.56 Å². The van der Waals surface area contributed by atoms with E-state index in [2.05, 4.69) is 10.6 Å². The van der Waals surface area contributed by atoms with Crippen LogP contribution in [0.2, 0.25) is 0 Å². The molecule has 0 spiro atoms. The number of aryl methyl sites for hydroxylation is 2. The van der Waals surface area contributed by atoms with Crippen LogP contribution in [0.5, 0.6) is 0 Å². The molecular formula is C20H23FN2O2.